The highest BCUT2D eigenvalue weighted by Gasteiger charge is 2.18. The van der Waals surface area contributed by atoms with E-state index in [0.717, 1.165) is 13.1 Å². The first-order chi connectivity index (χ1) is 7.65. The Kier molecular flexibility index (Phi) is 3.49. The highest BCUT2D eigenvalue weighted by Crippen LogP contribution is 2.18. The Morgan fingerprint density at radius 1 is 1.12 bits per heavy atom. The molecule has 2 rings (SSSR count). The number of aryl methyl sites for hydroxylation is 1. The van der Waals surface area contributed by atoms with Gasteiger partial charge < -0.3 is 10.2 Å². The summed E-state index contributed by atoms with van der Waals surface area (Å²) in [6.45, 7) is 8.94. The normalized spacial score (nSPS) is 26.6. The summed E-state index contributed by atoms with van der Waals surface area (Å²) in [6, 6.07) is 10.1. The molecule has 2 unspecified atom stereocenters. The molecule has 0 bridgehead atoms. The van der Waals surface area contributed by atoms with Gasteiger partial charge >= 0.3 is 0 Å². The van der Waals surface area contributed by atoms with Crippen molar-refractivity contribution in [3.05, 3.63) is 29.8 Å². The number of hydrogen-bond donors (Lipinski definition) is 1. The highest BCUT2D eigenvalue weighted by molar-refractivity contribution is 5.47. The van der Waals surface area contributed by atoms with Gasteiger partial charge in [0.15, 0.2) is 0 Å². The summed E-state index contributed by atoms with van der Waals surface area (Å²) < 4.78 is 0. The Morgan fingerprint density at radius 3 is 2.50 bits per heavy atom. The third-order valence-electron chi connectivity index (χ3n) is 3.29. The van der Waals surface area contributed by atoms with Crippen molar-refractivity contribution in [2.45, 2.75) is 39.3 Å². The molecule has 2 nitrogen and oxygen atoms in total. The Labute approximate surface area is 98.7 Å². The van der Waals surface area contributed by atoms with Crippen molar-refractivity contribution in [2.24, 2.45) is 0 Å². The number of rotatable bonds is 1. The van der Waals surface area contributed by atoms with Gasteiger partial charge in [-0.3, -0.25) is 0 Å². The van der Waals surface area contributed by atoms with E-state index in [2.05, 4.69) is 55.3 Å². The quantitative estimate of drug-likeness (QED) is 0.779. The minimum absolute atomic E-state index is 0.568. The van der Waals surface area contributed by atoms with Crippen LogP contribution in [0.1, 0.15) is 25.8 Å². The molecular formula is C14H22N2. The zero-order valence-corrected chi connectivity index (χ0v) is 10.5. The molecule has 1 heterocycles. The lowest BCUT2D eigenvalue weighted by atomic mass is 10.2. The summed E-state index contributed by atoms with van der Waals surface area (Å²) in [5, 5.41) is 3.61. The predicted octanol–water partition coefficient (Wildman–Crippen LogP) is 2.57. The zero-order valence-electron chi connectivity index (χ0n) is 10.5. The van der Waals surface area contributed by atoms with Gasteiger partial charge in [0.1, 0.15) is 0 Å². The molecule has 1 saturated heterocycles. The van der Waals surface area contributed by atoms with E-state index < -0.39 is 0 Å². The fourth-order valence-corrected chi connectivity index (χ4v) is 2.38. The van der Waals surface area contributed by atoms with E-state index in [0.29, 0.717) is 12.1 Å². The van der Waals surface area contributed by atoms with Crippen molar-refractivity contribution in [1.82, 2.24) is 5.32 Å². The minimum atomic E-state index is 0.568. The summed E-state index contributed by atoms with van der Waals surface area (Å²) in [6.07, 6.45) is 1.22. The molecule has 0 saturated carbocycles. The van der Waals surface area contributed by atoms with Crippen LogP contribution in [0.2, 0.25) is 0 Å². The van der Waals surface area contributed by atoms with Crippen LogP contribution in [0.15, 0.2) is 24.3 Å². The molecule has 0 radical (unpaired) electrons. The second-order valence-electron chi connectivity index (χ2n) is 5.04. The summed E-state index contributed by atoms with van der Waals surface area (Å²) in [4.78, 5) is 2.49. The molecule has 0 amide bonds. The largest absolute Gasteiger partial charge is 0.370 e. The van der Waals surface area contributed by atoms with Crippen molar-refractivity contribution in [1.29, 1.82) is 0 Å². The first-order valence-electron chi connectivity index (χ1n) is 6.23. The first-order valence-corrected chi connectivity index (χ1v) is 6.23. The van der Waals surface area contributed by atoms with Crippen LogP contribution in [0.5, 0.6) is 0 Å². The van der Waals surface area contributed by atoms with Crippen molar-refractivity contribution in [3.8, 4) is 0 Å². The Hall–Kier alpha value is -1.02. The third kappa shape index (κ3) is 2.76. The smallest absolute Gasteiger partial charge is 0.0366 e. The van der Waals surface area contributed by atoms with Crippen LogP contribution in [-0.4, -0.2) is 25.2 Å². The maximum atomic E-state index is 3.61. The number of nitrogens with zero attached hydrogens (tertiary/aromatic N) is 1. The van der Waals surface area contributed by atoms with E-state index in [1.807, 2.05) is 0 Å². The van der Waals surface area contributed by atoms with Gasteiger partial charge in [-0.05, 0) is 39.3 Å². The standard InChI is InChI=1S/C14H22N2/c1-11-4-6-14(7-5-11)16-9-8-12(2)15-13(3)10-16/h4-7,12-13,15H,8-10H2,1-3H3. The Bertz CT molecular complexity index is 331. The van der Waals surface area contributed by atoms with Gasteiger partial charge in [0.05, 0.1) is 0 Å². The van der Waals surface area contributed by atoms with Crippen LogP contribution in [0.25, 0.3) is 0 Å². The van der Waals surface area contributed by atoms with Gasteiger partial charge in [-0.25, -0.2) is 0 Å². The summed E-state index contributed by atoms with van der Waals surface area (Å²) in [5.74, 6) is 0. The van der Waals surface area contributed by atoms with Crippen LogP contribution < -0.4 is 10.2 Å². The second kappa shape index (κ2) is 4.88. The first kappa shape index (κ1) is 11.5. The summed E-state index contributed by atoms with van der Waals surface area (Å²) in [5.41, 5.74) is 2.69. The van der Waals surface area contributed by atoms with Crippen LogP contribution in [0.3, 0.4) is 0 Å². The lowest BCUT2D eigenvalue weighted by Crippen LogP contribution is -2.37. The van der Waals surface area contributed by atoms with Crippen molar-refractivity contribution in [3.63, 3.8) is 0 Å². The summed E-state index contributed by atoms with van der Waals surface area (Å²) in [7, 11) is 0. The molecule has 2 atom stereocenters. The van der Waals surface area contributed by atoms with Gasteiger partial charge in [-0.2, -0.15) is 0 Å². The average Bonchev–Trinajstić information content (AvgIpc) is 2.41. The SMILES string of the molecule is Cc1ccc(N2CCC(C)NC(C)C2)cc1. The van der Waals surface area contributed by atoms with E-state index in [1.165, 1.54) is 17.7 Å². The molecule has 0 aliphatic carbocycles. The molecule has 1 fully saturated rings. The topological polar surface area (TPSA) is 15.3 Å². The average molecular weight is 218 g/mol. The third-order valence-corrected chi connectivity index (χ3v) is 3.29. The fourth-order valence-electron chi connectivity index (χ4n) is 2.38. The van der Waals surface area contributed by atoms with E-state index in [9.17, 15) is 0 Å². The van der Waals surface area contributed by atoms with Crippen LogP contribution in [0.4, 0.5) is 5.69 Å². The van der Waals surface area contributed by atoms with Crippen LogP contribution >= 0.6 is 0 Å². The van der Waals surface area contributed by atoms with Crippen molar-refractivity contribution < 1.29 is 0 Å². The van der Waals surface area contributed by atoms with Crippen LogP contribution in [0, 0.1) is 6.92 Å². The maximum Gasteiger partial charge on any atom is 0.0366 e. The Morgan fingerprint density at radius 2 is 1.81 bits per heavy atom. The molecule has 1 aromatic rings. The lowest BCUT2D eigenvalue weighted by molar-refractivity contribution is 0.492. The second-order valence-corrected chi connectivity index (χ2v) is 5.04. The number of anilines is 1. The van der Waals surface area contributed by atoms with Gasteiger partial charge in [-0.15, -0.1) is 0 Å². The van der Waals surface area contributed by atoms with Gasteiger partial charge in [0.2, 0.25) is 0 Å². The van der Waals surface area contributed by atoms with E-state index in [1.54, 1.807) is 0 Å². The fraction of sp³-hybridized carbons (Fsp3) is 0.571. The molecule has 1 N–H and O–H groups in total. The minimum Gasteiger partial charge on any atom is -0.370 e. The number of hydrogen-bond acceptors (Lipinski definition) is 2. The number of nitrogens with one attached hydrogen (secondary N) is 1. The molecule has 1 aliphatic heterocycles. The molecule has 2 heteroatoms. The monoisotopic (exact) mass is 218 g/mol. The molecular weight excluding hydrogens is 196 g/mol. The molecule has 0 spiro atoms. The molecule has 16 heavy (non-hydrogen) atoms. The Balaban J connectivity index is 2.11. The van der Waals surface area contributed by atoms with Crippen molar-refractivity contribution >= 4 is 5.69 Å². The van der Waals surface area contributed by atoms with E-state index in [4.69, 9.17) is 0 Å². The summed E-state index contributed by atoms with van der Waals surface area (Å²) >= 11 is 0. The molecule has 1 aromatic carbocycles. The molecule has 88 valence electrons. The van der Waals surface area contributed by atoms with Crippen molar-refractivity contribution in [2.75, 3.05) is 18.0 Å². The molecule has 1 aliphatic rings. The number of benzene rings is 1. The van der Waals surface area contributed by atoms with Gasteiger partial charge in [0, 0.05) is 30.9 Å². The zero-order chi connectivity index (χ0) is 11.5. The lowest BCUT2D eigenvalue weighted by Gasteiger charge is -2.24. The highest BCUT2D eigenvalue weighted by atomic mass is 15.2. The van der Waals surface area contributed by atoms with E-state index in [-0.39, 0.29) is 0 Å². The molecule has 0 aromatic heterocycles. The van der Waals surface area contributed by atoms with Crippen LogP contribution in [-0.2, 0) is 0 Å². The van der Waals surface area contributed by atoms with Gasteiger partial charge in [0.25, 0.3) is 0 Å². The van der Waals surface area contributed by atoms with E-state index >= 15 is 0 Å². The van der Waals surface area contributed by atoms with Gasteiger partial charge in [-0.1, -0.05) is 17.7 Å². The predicted molar refractivity (Wildman–Crippen MR) is 70.1 cm³/mol. The maximum absolute atomic E-state index is 3.61.